The van der Waals surface area contributed by atoms with E-state index < -0.39 is 0 Å². The van der Waals surface area contributed by atoms with Gasteiger partial charge in [-0.1, -0.05) is 11.6 Å². The first-order valence-electron chi connectivity index (χ1n) is 6.91. The zero-order chi connectivity index (χ0) is 15.5. The van der Waals surface area contributed by atoms with Crippen LogP contribution in [-0.2, 0) is 4.79 Å². The Labute approximate surface area is 132 Å². The summed E-state index contributed by atoms with van der Waals surface area (Å²) in [6.07, 6.45) is 1.91. The van der Waals surface area contributed by atoms with Gasteiger partial charge in [0.15, 0.2) is 11.6 Å². The fourth-order valence-corrected chi connectivity index (χ4v) is 2.19. The molecule has 1 aromatic carbocycles. The molecule has 7 heteroatoms. The van der Waals surface area contributed by atoms with Crippen LogP contribution >= 0.6 is 11.6 Å². The summed E-state index contributed by atoms with van der Waals surface area (Å²) < 4.78 is 5.10. The van der Waals surface area contributed by atoms with Crippen molar-refractivity contribution < 1.29 is 9.53 Å². The molecule has 1 heterocycles. The SMILES string of the molecule is COc1ccc(Nc2ccc(NC(=O)C3CC3)nn2)cc1Cl. The van der Waals surface area contributed by atoms with E-state index >= 15 is 0 Å². The molecule has 6 nitrogen and oxygen atoms in total. The Hall–Kier alpha value is -2.34. The number of rotatable bonds is 5. The minimum Gasteiger partial charge on any atom is -0.495 e. The third kappa shape index (κ3) is 3.46. The number of nitrogens with one attached hydrogen (secondary N) is 2. The van der Waals surface area contributed by atoms with E-state index in [1.54, 1.807) is 31.4 Å². The second-order valence-electron chi connectivity index (χ2n) is 5.04. The Balaban J connectivity index is 1.65. The molecule has 1 aromatic heterocycles. The zero-order valence-electron chi connectivity index (χ0n) is 12.0. The molecule has 0 radical (unpaired) electrons. The third-order valence-electron chi connectivity index (χ3n) is 3.29. The van der Waals surface area contributed by atoms with Crippen molar-refractivity contribution in [2.24, 2.45) is 5.92 Å². The van der Waals surface area contributed by atoms with Crippen LogP contribution < -0.4 is 15.4 Å². The molecule has 1 amide bonds. The lowest BCUT2D eigenvalue weighted by atomic mass is 10.3. The predicted molar refractivity (Wildman–Crippen MR) is 84.7 cm³/mol. The summed E-state index contributed by atoms with van der Waals surface area (Å²) in [5.74, 6) is 1.77. The van der Waals surface area contributed by atoms with Crippen LogP contribution in [0.2, 0.25) is 5.02 Å². The van der Waals surface area contributed by atoms with Crippen molar-refractivity contribution in [3.8, 4) is 5.75 Å². The van der Waals surface area contributed by atoms with Crippen LogP contribution in [-0.4, -0.2) is 23.2 Å². The minimum absolute atomic E-state index is 0.0111. The first-order valence-corrected chi connectivity index (χ1v) is 7.28. The Kier molecular flexibility index (Phi) is 4.11. The summed E-state index contributed by atoms with van der Waals surface area (Å²) in [6.45, 7) is 0. The highest BCUT2D eigenvalue weighted by atomic mass is 35.5. The summed E-state index contributed by atoms with van der Waals surface area (Å²) >= 11 is 6.07. The number of aromatic nitrogens is 2. The normalized spacial score (nSPS) is 13.5. The van der Waals surface area contributed by atoms with Crippen molar-refractivity contribution in [2.75, 3.05) is 17.7 Å². The Morgan fingerprint density at radius 1 is 1.23 bits per heavy atom. The van der Waals surface area contributed by atoms with Crippen LogP contribution in [0.4, 0.5) is 17.3 Å². The number of carbonyl (C=O) groups is 1. The topological polar surface area (TPSA) is 76.1 Å². The molecule has 0 atom stereocenters. The molecule has 2 N–H and O–H groups in total. The molecule has 3 rings (SSSR count). The molecule has 0 saturated heterocycles. The van der Waals surface area contributed by atoms with E-state index in [1.807, 2.05) is 6.07 Å². The maximum atomic E-state index is 11.6. The molecule has 114 valence electrons. The molecule has 0 aliphatic heterocycles. The van der Waals surface area contributed by atoms with E-state index in [9.17, 15) is 4.79 Å². The second kappa shape index (κ2) is 6.19. The number of methoxy groups -OCH3 is 1. The van der Waals surface area contributed by atoms with Crippen LogP contribution in [0.25, 0.3) is 0 Å². The lowest BCUT2D eigenvalue weighted by Gasteiger charge is -2.08. The van der Waals surface area contributed by atoms with E-state index in [1.165, 1.54) is 0 Å². The van der Waals surface area contributed by atoms with Gasteiger partial charge in [-0.3, -0.25) is 4.79 Å². The van der Waals surface area contributed by atoms with Crippen molar-refractivity contribution in [1.82, 2.24) is 10.2 Å². The third-order valence-corrected chi connectivity index (χ3v) is 3.58. The summed E-state index contributed by atoms with van der Waals surface area (Å²) in [6, 6.07) is 8.79. The maximum Gasteiger partial charge on any atom is 0.228 e. The monoisotopic (exact) mass is 318 g/mol. The summed E-state index contributed by atoms with van der Waals surface area (Å²) in [7, 11) is 1.56. The molecule has 0 bridgehead atoms. The van der Waals surface area contributed by atoms with Crippen molar-refractivity contribution in [1.29, 1.82) is 0 Å². The highest BCUT2D eigenvalue weighted by Crippen LogP contribution is 2.30. The molecule has 2 aromatic rings. The number of hydrogen-bond acceptors (Lipinski definition) is 5. The van der Waals surface area contributed by atoms with Gasteiger partial charge in [0.2, 0.25) is 5.91 Å². The van der Waals surface area contributed by atoms with Crippen molar-refractivity contribution in [3.63, 3.8) is 0 Å². The van der Waals surface area contributed by atoms with Crippen LogP contribution in [0.5, 0.6) is 5.75 Å². The average Bonchev–Trinajstić information content (AvgIpc) is 3.34. The number of amides is 1. The summed E-state index contributed by atoms with van der Waals surface area (Å²) in [4.78, 5) is 11.6. The fraction of sp³-hybridized carbons (Fsp3) is 0.267. The van der Waals surface area contributed by atoms with Crippen molar-refractivity contribution in [2.45, 2.75) is 12.8 Å². The molecule has 1 aliphatic rings. The van der Waals surface area contributed by atoms with Gasteiger partial charge in [-0.2, -0.15) is 0 Å². The number of hydrogen-bond donors (Lipinski definition) is 2. The molecule has 1 aliphatic carbocycles. The van der Waals surface area contributed by atoms with Crippen LogP contribution in [0.3, 0.4) is 0 Å². The van der Waals surface area contributed by atoms with Crippen LogP contribution in [0.15, 0.2) is 30.3 Å². The predicted octanol–water partition coefficient (Wildman–Crippen LogP) is 3.23. The fourth-order valence-electron chi connectivity index (χ4n) is 1.93. The zero-order valence-corrected chi connectivity index (χ0v) is 12.7. The van der Waals surface area contributed by atoms with Gasteiger partial charge in [0.25, 0.3) is 0 Å². The van der Waals surface area contributed by atoms with Gasteiger partial charge in [-0.05, 0) is 43.2 Å². The van der Waals surface area contributed by atoms with Gasteiger partial charge in [0, 0.05) is 11.6 Å². The summed E-state index contributed by atoms with van der Waals surface area (Å²) in [5, 5.41) is 14.3. The Morgan fingerprint density at radius 3 is 2.55 bits per heavy atom. The molecule has 1 fully saturated rings. The number of nitrogens with zero attached hydrogens (tertiary/aromatic N) is 2. The smallest absolute Gasteiger partial charge is 0.228 e. The van der Waals surface area contributed by atoms with Gasteiger partial charge >= 0.3 is 0 Å². The first kappa shape index (κ1) is 14.6. The quantitative estimate of drug-likeness (QED) is 0.885. The van der Waals surface area contributed by atoms with Crippen molar-refractivity contribution >= 4 is 34.8 Å². The van der Waals surface area contributed by atoms with Gasteiger partial charge < -0.3 is 15.4 Å². The second-order valence-corrected chi connectivity index (χ2v) is 5.45. The number of carbonyl (C=O) groups excluding carboxylic acids is 1. The van der Waals surface area contributed by atoms with E-state index in [0.29, 0.717) is 22.4 Å². The standard InChI is InChI=1S/C15H15ClN4O2/c1-22-12-5-4-10(8-11(12)16)17-13-6-7-14(20-19-13)18-15(21)9-2-3-9/h4-9H,2-3H2,1H3,(H,17,19)(H,18,20,21). The van der Waals surface area contributed by atoms with Gasteiger partial charge in [-0.15, -0.1) is 10.2 Å². The molecule has 0 unspecified atom stereocenters. The van der Waals surface area contributed by atoms with Crippen LogP contribution in [0.1, 0.15) is 12.8 Å². The maximum absolute atomic E-state index is 11.6. The number of benzene rings is 1. The number of ether oxygens (including phenoxy) is 1. The summed E-state index contributed by atoms with van der Waals surface area (Å²) in [5.41, 5.74) is 0.773. The van der Waals surface area contributed by atoms with E-state index in [0.717, 1.165) is 18.5 Å². The van der Waals surface area contributed by atoms with E-state index in [2.05, 4.69) is 20.8 Å². The van der Waals surface area contributed by atoms with E-state index in [-0.39, 0.29) is 11.8 Å². The lowest BCUT2D eigenvalue weighted by Crippen LogP contribution is -2.14. The molecule has 0 spiro atoms. The van der Waals surface area contributed by atoms with E-state index in [4.69, 9.17) is 16.3 Å². The molecular formula is C15H15ClN4O2. The van der Waals surface area contributed by atoms with Crippen LogP contribution in [0, 0.1) is 5.92 Å². The minimum atomic E-state index is 0.0111. The van der Waals surface area contributed by atoms with Gasteiger partial charge in [0.1, 0.15) is 5.75 Å². The molecule has 22 heavy (non-hydrogen) atoms. The number of anilines is 3. The Bertz CT molecular complexity index is 686. The molecule has 1 saturated carbocycles. The largest absolute Gasteiger partial charge is 0.495 e. The highest BCUT2D eigenvalue weighted by Gasteiger charge is 2.29. The van der Waals surface area contributed by atoms with Crippen molar-refractivity contribution in [3.05, 3.63) is 35.4 Å². The van der Waals surface area contributed by atoms with Gasteiger partial charge in [0.05, 0.1) is 12.1 Å². The Morgan fingerprint density at radius 2 is 1.95 bits per heavy atom. The molecular weight excluding hydrogens is 304 g/mol. The lowest BCUT2D eigenvalue weighted by molar-refractivity contribution is -0.117. The number of halogens is 1. The van der Waals surface area contributed by atoms with Gasteiger partial charge in [-0.25, -0.2) is 0 Å². The first-order chi connectivity index (χ1) is 10.7. The highest BCUT2D eigenvalue weighted by molar-refractivity contribution is 6.32. The average molecular weight is 319 g/mol.